The number of hydrogen-bond donors (Lipinski definition) is 2. The van der Waals surface area contributed by atoms with Crippen LogP contribution in [0.25, 0.3) is 0 Å². The van der Waals surface area contributed by atoms with Crippen LogP contribution in [-0.2, 0) is 13.6 Å². The largest absolute Gasteiger partial charge is 0.497 e. The molecule has 1 saturated heterocycles. The standard InChI is InChI=1S/C21H32N6O.HI/c1-22-21(23-13-17-14-25-26(2)16-17)24-15-20(27-11-5-4-6-12-27)18-7-9-19(28-3)10-8-18;/h7-10,14,16,20H,4-6,11-13,15H2,1-3H3,(H2,22,23,24);1H. The maximum Gasteiger partial charge on any atom is 0.191 e. The molecule has 1 aromatic heterocycles. The number of aliphatic imine (C=N–C) groups is 1. The Labute approximate surface area is 190 Å². The van der Waals surface area contributed by atoms with E-state index >= 15 is 0 Å². The SMILES string of the molecule is CN=C(NCc1cnn(C)c1)NCC(c1ccc(OC)cc1)N1CCCCC1.I. The van der Waals surface area contributed by atoms with Crippen LogP contribution in [0.3, 0.4) is 0 Å². The number of ether oxygens (including phenoxy) is 1. The average molecular weight is 512 g/mol. The topological polar surface area (TPSA) is 66.7 Å². The molecule has 29 heavy (non-hydrogen) atoms. The van der Waals surface area contributed by atoms with Crippen molar-refractivity contribution in [1.82, 2.24) is 25.3 Å². The molecule has 1 aliphatic rings. The molecule has 1 atom stereocenters. The third-order valence-electron chi connectivity index (χ3n) is 5.24. The van der Waals surface area contributed by atoms with E-state index in [0.717, 1.165) is 36.9 Å². The number of likely N-dealkylation sites (tertiary alicyclic amines) is 1. The lowest BCUT2D eigenvalue weighted by Gasteiger charge is -2.35. The summed E-state index contributed by atoms with van der Waals surface area (Å²) in [7, 11) is 5.44. The molecule has 0 spiro atoms. The van der Waals surface area contributed by atoms with Crippen LogP contribution in [0, 0.1) is 0 Å². The highest BCUT2D eigenvalue weighted by atomic mass is 127. The number of methoxy groups -OCH3 is 1. The molecule has 7 nitrogen and oxygen atoms in total. The zero-order valence-electron chi connectivity index (χ0n) is 17.6. The summed E-state index contributed by atoms with van der Waals surface area (Å²) < 4.78 is 7.13. The minimum Gasteiger partial charge on any atom is -0.497 e. The lowest BCUT2D eigenvalue weighted by atomic mass is 10.0. The van der Waals surface area contributed by atoms with E-state index in [-0.39, 0.29) is 24.0 Å². The number of halogens is 1. The van der Waals surface area contributed by atoms with E-state index in [9.17, 15) is 0 Å². The van der Waals surface area contributed by atoms with Gasteiger partial charge in [-0.05, 0) is 43.6 Å². The first-order valence-corrected chi connectivity index (χ1v) is 9.99. The average Bonchev–Trinajstić information content (AvgIpc) is 3.16. The van der Waals surface area contributed by atoms with E-state index in [1.54, 1.807) is 7.11 Å². The highest BCUT2D eigenvalue weighted by Crippen LogP contribution is 2.25. The lowest BCUT2D eigenvalue weighted by molar-refractivity contribution is 0.164. The molecule has 0 saturated carbocycles. The predicted molar refractivity (Wildman–Crippen MR) is 128 cm³/mol. The van der Waals surface area contributed by atoms with Gasteiger partial charge in [-0.25, -0.2) is 0 Å². The van der Waals surface area contributed by atoms with Crippen molar-refractivity contribution in [2.45, 2.75) is 31.8 Å². The first kappa shape index (κ1) is 23.5. The highest BCUT2D eigenvalue weighted by molar-refractivity contribution is 14.0. The number of aromatic nitrogens is 2. The highest BCUT2D eigenvalue weighted by Gasteiger charge is 2.22. The number of rotatable bonds is 7. The number of piperidine rings is 1. The summed E-state index contributed by atoms with van der Waals surface area (Å²) in [4.78, 5) is 6.95. The molecule has 8 heteroatoms. The molecule has 0 bridgehead atoms. The fourth-order valence-electron chi connectivity index (χ4n) is 3.68. The monoisotopic (exact) mass is 512 g/mol. The zero-order valence-corrected chi connectivity index (χ0v) is 19.9. The zero-order chi connectivity index (χ0) is 19.8. The summed E-state index contributed by atoms with van der Waals surface area (Å²) in [6.45, 7) is 3.78. The van der Waals surface area contributed by atoms with Crippen molar-refractivity contribution in [3.05, 3.63) is 47.8 Å². The maximum absolute atomic E-state index is 5.32. The van der Waals surface area contributed by atoms with Gasteiger partial charge < -0.3 is 15.4 Å². The Kier molecular flexibility index (Phi) is 9.72. The van der Waals surface area contributed by atoms with Crippen molar-refractivity contribution < 1.29 is 4.74 Å². The molecule has 0 aliphatic carbocycles. The Bertz CT molecular complexity index is 755. The van der Waals surface area contributed by atoms with Gasteiger partial charge in [0.15, 0.2) is 5.96 Å². The van der Waals surface area contributed by atoms with E-state index in [1.165, 1.54) is 24.8 Å². The van der Waals surface area contributed by atoms with Crippen LogP contribution in [0.4, 0.5) is 0 Å². The van der Waals surface area contributed by atoms with Crippen LogP contribution < -0.4 is 15.4 Å². The molecule has 1 aromatic carbocycles. The van der Waals surface area contributed by atoms with Gasteiger partial charge in [-0.15, -0.1) is 24.0 Å². The van der Waals surface area contributed by atoms with Crippen LogP contribution in [0.1, 0.15) is 36.4 Å². The molecule has 1 unspecified atom stereocenters. The van der Waals surface area contributed by atoms with Gasteiger partial charge in [0.2, 0.25) is 0 Å². The van der Waals surface area contributed by atoms with Crippen molar-refractivity contribution >= 4 is 29.9 Å². The van der Waals surface area contributed by atoms with E-state index in [1.807, 2.05) is 43.3 Å². The van der Waals surface area contributed by atoms with Crippen molar-refractivity contribution in [3.8, 4) is 5.75 Å². The van der Waals surface area contributed by atoms with Crippen molar-refractivity contribution in [2.75, 3.05) is 33.8 Å². The van der Waals surface area contributed by atoms with Gasteiger partial charge in [0, 0.05) is 38.9 Å². The molecular formula is C21H33IN6O. The molecule has 1 fully saturated rings. The summed E-state index contributed by atoms with van der Waals surface area (Å²) in [6, 6.07) is 8.74. The number of nitrogens with one attached hydrogen (secondary N) is 2. The second kappa shape index (κ2) is 12.0. The van der Waals surface area contributed by atoms with Gasteiger partial charge in [-0.2, -0.15) is 5.10 Å². The molecular weight excluding hydrogens is 479 g/mol. The van der Waals surface area contributed by atoms with Gasteiger partial charge in [0.25, 0.3) is 0 Å². The normalized spacial score (nSPS) is 16.0. The quantitative estimate of drug-likeness (QED) is 0.340. The fraction of sp³-hybridized carbons (Fsp3) is 0.524. The minimum absolute atomic E-state index is 0. The molecule has 2 N–H and O–H groups in total. The van der Waals surface area contributed by atoms with Gasteiger partial charge in [0.05, 0.1) is 19.3 Å². The summed E-state index contributed by atoms with van der Waals surface area (Å²) in [5.74, 6) is 1.70. The summed E-state index contributed by atoms with van der Waals surface area (Å²) in [5.41, 5.74) is 2.44. The Hall–Kier alpha value is -1.81. The van der Waals surface area contributed by atoms with E-state index < -0.39 is 0 Å². The molecule has 160 valence electrons. The number of benzene rings is 1. The predicted octanol–water partition coefficient (Wildman–Crippen LogP) is 2.94. The number of nitrogens with zero attached hydrogens (tertiary/aromatic N) is 4. The third-order valence-corrected chi connectivity index (χ3v) is 5.24. The molecule has 2 aromatic rings. The van der Waals surface area contributed by atoms with Crippen molar-refractivity contribution in [1.29, 1.82) is 0 Å². The molecule has 1 aliphatic heterocycles. The first-order valence-electron chi connectivity index (χ1n) is 9.99. The summed E-state index contributed by atoms with van der Waals surface area (Å²) in [5, 5.41) is 11.1. The van der Waals surface area contributed by atoms with E-state index in [0.29, 0.717) is 12.6 Å². The number of hydrogen-bond acceptors (Lipinski definition) is 4. The maximum atomic E-state index is 5.32. The van der Waals surface area contributed by atoms with Crippen molar-refractivity contribution in [3.63, 3.8) is 0 Å². The Balaban J connectivity index is 0.00000300. The third kappa shape index (κ3) is 6.88. The van der Waals surface area contributed by atoms with E-state index in [4.69, 9.17) is 4.74 Å². The van der Waals surface area contributed by atoms with Crippen molar-refractivity contribution in [2.24, 2.45) is 12.0 Å². The fourth-order valence-corrected chi connectivity index (χ4v) is 3.68. The van der Waals surface area contributed by atoms with Gasteiger partial charge in [-0.1, -0.05) is 18.6 Å². The molecule has 3 rings (SSSR count). The van der Waals surface area contributed by atoms with Crippen LogP contribution >= 0.6 is 24.0 Å². The van der Waals surface area contributed by atoms with Gasteiger partial charge >= 0.3 is 0 Å². The minimum atomic E-state index is 0. The van der Waals surface area contributed by atoms with Gasteiger partial charge in [-0.3, -0.25) is 14.6 Å². The van der Waals surface area contributed by atoms with Crippen LogP contribution in [0.15, 0.2) is 41.7 Å². The van der Waals surface area contributed by atoms with E-state index in [2.05, 4.69) is 37.8 Å². The Morgan fingerprint density at radius 1 is 1.17 bits per heavy atom. The Morgan fingerprint density at radius 3 is 2.48 bits per heavy atom. The summed E-state index contributed by atoms with van der Waals surface area (Å²) in [6.07, 6.45) is 7.73. The lowest BCUT2D eigenvalue weighted by Crippen LogP contribution is -2.44. The molecule has 0 radical (unpaired) electrons. The van der Waals surface area contributed by atoms with Crippen LogP contribution in [0.5, 0.6) is 5.75 Å². The Morgan fingerprint density at radius 2 is 1.90 bits per heavy atom. The smallest absolute Gasteiger partial charge is 0.191 e. The van der Waals surface area contributed by atoms with Gasteiger partial charge in [0.1, 0.15) is 5.75 Å². The number of aryl methyl sites for hydroxylation is 1. The summed E-state index contributed by atoms with van der Waals surface area (Å²) >= 11 is 0. The molecule has 2 heterocycles. The second-order valence-corrected chi connectivity index (χ2v) is 7.21. The van der Waals surface area contributed by atoms with Crippen LogP contribution in [-0.4, -0.2) is 54.4 Å². The van der Waals surface area contributed by atoms with Crippen LogP contribution in [0.2, 0.25) is 0 Å². The second-order valence-electron chi connectivity index (χ2n) is 7.21. The molecule has 0 amide bonds. The first-order chi connectivity index (χ1) is 13.7. The number of guanidine groups is 1.